The van der Waals surface area contributed by atoms with Crippen molar-refractivity contribution in [3.8, 4) is 0 Å². The number of amides is 6. The van der Waals surface area contributed by atoms with Crippen LogP contribution in [0, 0.1) is 0 Å². The Morgan fingerprint density at radius 3 is 0.845 bits per heavy atom. The molecule has 0 aliphatic carbocycles. The molecule has 444 valence electrons. The summed E-state index contributed by atoms with van der Waals surface area (Å²) >= 11 is 0. The second kappa shape index (κ2) is 21.4. The zero-order valence-electron chi connectivity index (χ0n) is 42.6. The molecule has 0 spiro atoms. The minimum atomic E-state index is -5.27. The summed E-state index contributed by atoms with van der Waals surface area (Å²) in [6, 6.07) is 8.55. The first-order valence-electron chi connectivity index (χ1n) is 22.6. The van der Waals surface area contributed by atoms with Gasteiger partial charge in [0.25, 0.3) is 84.3 Å². The first kappa shape index (κ1) is 61.2. The molecule has 6 amide bonds. The van der Waals surface area contributed by atoms with Crippen LogP contribution < -0.4 is 31.9 Å². The predicted octanol–water partition coefficient (Wildman–Crippen LogP) is 3.48. The van der Waals surface area contributed by atoms with Gasteiger partial charge in [-0.1, -0.05) is 0 Å². The molecule has 8 rings (SSSR count). The summed E-state index contributed by atoms with van der Waals surface area (Å²) in [5.74, 6) is -3.68. The van der Waals surface area contributed by atoms with E-state index >= 15 is 0 Å². The predicted molar refractivity (Wildman–Crippen MR) is 293 cm³/mol. The van der Waals surface area contributed by atoms with Crippen LogP contribution in [0.2, 0.25) is 0 Å². The molecule has 0 saturated carbocycles. The fraction of sp³-hybridized carbons (Fsp3) is 0.0889. The topological polar surface area (TPSA) is 503 Å². The van der Waals surface area contributed by atoms with Gasteiger partial charge in [0.05, 0.1) is 43.4 Å². The Morgan fingerprint density at radius 1 is 0.321 bits per heavy atom. The van der Waals surface area contributed by atoms with Crippen molar-refractivity contribution >= 4 is 147 Å². The molecule has 4 aromatic carbocycles. The maximum Gasteiger partial charge on any atom is 0.325 e. The Kier molecular flexibility index (Phi) is 15.6. The van der Waals surface area contributed by atoms with E-state index < -0.39 is 153 Å². The number of rotatable bonds is 16. The molecule has 0 atom stereocenters. The van der Waals surface area contributed by atoms with Gasteiger partial charge in [-0.2, -0.15) is 50.5 Å². The van der Waals surface area contributed by atoms with E-state index in [1.54, 1.807) is 0 Å². The third kappa shape index (κ3) is 13.0. The molecule has 4 aromatic heterocycles. The van der Waals surface area contributed by atoms with Crippen molar-refractivity contribution in [1.82, 2.24) is 18.3 Å². The normalized spacial score (nSPS) is 12.5. The van der Waals surface area contributed by atoms with Crippen molar-refractivity contribution in [2.45, 2.75) is 29.4 Å². The van der Waals surface area contributed by atoms with Crippen LogP contribution in [0.3, 0.4) is 0 Å². The summed E-state index contributed by atoms with van der Waals surface area (Å²) in [7, 11) is -25.6. The number of fused-ring (bicyclic) bond motifs is 2. The van der Waals surface area contributed by atoms with Crippen LogP contribution in [-0.2, 0) is 88.9 Å². The van der Waals surface area contributed by atoms with Crippen LogP contribution in [0.25, 0.3) is 21.5 Å². The van der Waals surface area contributed by atoms with E-state index in [0.29, 0.717) is 48.5 Å². The molecule has 33 nitrogen and oxygen atoms in total. The summed E-state index contributed by atoms with van der Waals surface area (Å²) in [5, 5.41) is 12.4. The van der Waals surface area contributed by atoms with Crippen LogP contribution >= 0.6 is 0 Å². The van der Waals surface area contributed by atoms with Gasteiger partial charge in [-0.05, 0) is 83.6 Å². The average Bonchev–Trinajstić information content (AvgIpc) is 1.40. The van der Waals surface area contributed by atoms with Gasteiger partial charge in [-0.25, -0.2) is 4.79 Å². The molecule has 0 unspecified atom stereocenters. The standard InChI is InChI=1S/C45H40N10O23S6/c1-52-17-23(41(56)46-31-15-29-21(7-35(31)83(73,74)75)5-27(79(61,62)63)13-33(29)81(67,68)69)9-37(52)48-43(58)25-11-39(54(3)19-25)50-45(60)51-40-12-26(20-55(40)4)44(59)49-38-10-24(18-53(38)2)42(57)47-32-16-30-22(8-36(32)84(76,77)78)6-28(80(64,65)66)14-34(30)82(70,71)72/h5-20H,1-4H3,(H,46,56)(H,47,57)(H,48,58)(H,49,59)(H2,50,51,60)(H,61,62,63)(H,64,65,66)(H,67,68,69)(H,70,71,72)(H,73,74,75)(H,76,77,78). The monoisotopic (exact) mass is 1280 g/mol. The van der Waals surface area contributed by atoms with E-state index in [9.17, 15) is 102 Å². The minimum absolute atomic E-state index is 0.0256. The van der Waals surface area contributed by atoms with Gasteiger partial charge in [-0.15, -0.1) is 0 Å². The average molecular weight is 1280 g/mol. The van der Waals surface area contributed by atoms with Crippen molar-refractivity contribution in [3.63, 3.8) is 0 Å². The lowest BCUT2D eigenvalue weighted by atomic mass is 10.1. The fourth-order valence-corrected chi connectivity index (χ4v) is 12.3. The maximum atomic E-state index is 13.5. The number of nitrogens with one attached hydrogen (secondary N) is 6. The van der Waals surface area contributed by atoms with E-state index in [0.717, 1.165) is 12.1 Å². The molecule has 0 aliphatic rings. The first-order valence-corrected chi connectivity index (χ1v) is 31.3. The lowest BCUT2D eigenvalue weighted by Gasteiger charge is -2.13. The molecule has 0 fully saturated rings. The molecule has 0 aliphatic heterocycles. The first-order chi connectivity index (χ1) is 38.6. The fourth-order valence-electron chi connectivity index (χ4n) is 8.29. The second-order valence-corrected chi connectivity index (χ2v) is 26.5. The Morgan fingerprint density at radius 2 is 0.583 bits per heavy atom. The number of aromatic nitrogens is 4. The smallest absolute Gasteiger partial charge is 0.325 e. The van der Waals surface area contributed by atoms with E-state index in [1.165, 1.54) is 83.4 Å². The number of hydrogen-bond donors (Lipinski definition) is 12. The van der Waals surface area contributed by atoms with Crippen LogP contribution in [0.4, 0.5) is 39.4 Å². The number of benzene rings is 4. The Balaban J connectivity index is 0.920. The summed E-state index contributed by atoms with van der Waals surface area (Å²) < 4.78 is 210. The number of carbonyl (C=O) groups excluding carboxylic acids is 5. The Labute approximate surface area is 473 Å². The van der Waals surface area contributed by atoms with Crippen LogP contribution in [0.5, 0.6) is 0 Å². The van der Waals surface area contributed by atoms with Crippen LogP contribution in [-0.4, -0.2) is 126 Å². The van der Waals surface area contributed by atoms with Gasteiger partial charge >= 0.3 is 6.03 Å². The molecule has 0 saturated heterocycles. The molecule has 0 radical (unpaired) electrons. The summed E-state index contributed by atoms with van der Waals surface area (Å²) in [5.41, 5.74) is -2.05. The highest BCUT2D eigenvalue weighted by molar-refractivity contribution is 7.87. The summed E-state index contributed by atoms with van der Waals surface area (Å²) in [4.78, 5) is 60.7. The van der Waals surface area contributed by atoms with Gasteiger partial charge in [0.2, 0.25) is 0 Å². The van der Waals surface area contributed by atoms with E-state index in [4.69, 9.17) is 0 Å². The summed E-state index contributed by atoms with van der Waals surface area (Å²) in [6.45, 7) is 0. The molecular formula is C45H40N10O23S6. The third-order valence-electron chi connectivity index (χ3n) is 12.2. The Bertz CT molecular complexity index is 4640. The highest BCUT2D eigenvalue weighted by Gasteiger charge is 2.29. The molecule has 0 bridgehead atoms. The van der Waals surface area contributed by atoms with Crippen molar-refractivity contribution in [2.75, 3.05) is 31.9 Å². The van der Waals surface area contributed by atoms with Crippen molar-refractivity contribution < 1.29 is 102 Å². The molecular weight excluding hydrogens is 1240 g/mol. The maximum absolute atomic E-state index is 13.5. The van der Waals surface area contributed by atoms with Crippen molar-refractivity contribution in [2.24, 2.45) is 28.2 Å². The van der Waals surface area contributed by atoms with Gasteiger partial charge in [-0.3, -0.25) is 57.1 Å². The number of aryl methyl sites for hydroxylation is 4. The van der Waals surface area contributed by atoms with Crippen molar-refractivity contribution in [3.05, 3.63) is 120 Å². The molecule has 84 heavy (non-hydrogen) atoms. The molecule has 4 heterocycles. The SMILES string of the molecule is Cn1cc(C(=O)Nc2cc(C(=O)Nc3cc4c(S(=O)(=O)O)cc(S(=O)(=O)O)cc4cc3S(=O)(=O)O)cn2C)cc1NC(=O)Nc1cc(C(=O)Nc2cc(C(=O)Nc3cc4c(S(=O)(=O)O)cc(S(=O)(=O)O)cc4cc3S(=O)(=O)O)cn2C)cn1C. The van der Waals surface area contributed by atoms with Gasteiger partial charge in [0.15, 0.2) is 0 Å². The molecule has 12 N–H and O–H groups in total. The van der Waals surface area contributed by atoms with Crippen LogP contribution in [0.1, 0.15) is 41.4 Å². The van der Waals surface area contributed by atoms with Gasteiger partial charge < -0.3 is 39.5 Å². The van der Waals surface area contributed by atoms with Gasteiger partial charge in [0, 0.05) is 63.8 Å². The van der Waals surface area contributed by atoms with E-state index in [-0.39, 0.29) is 45.5 Å². The Hall–Kier alpha value is -8.87. The number of anilines is 6. The number of urea groups is 1. The number of hydrogen-bond acceptors (Lipinski definition) is 17. The third-order valence-corrected chi connectivity index (χ3v) is 17.5. The molecule has 39 heteroatoms. The largest absolute Gasteiger partial charge is 0.337 e. The lowest BCUT2D eigenvalue weighted by Crippen LogP contribution is -2.22. The van der Waals surface area contributed by atoms with E-state index in [1.807, 2.05) is 0 Å². The highest BCUT2D eigenvalue weighted by atomic mass is 32.2. The zero-order valence-corrected chi connectivity index (χ0v) is 47.5. The quantitative estimate of drug-likeness (QED) is 0.0616. The zero-order chi connectivity index (χ0) is 62.3. The summed E-state index contributed by atoms with van der Waals surface area (Å²) in [6.07, 6.45) is 4.99. The number of carbonyl (C=O) groups is 5. The van der Waals surface area contributed by atoms with E-state index in [2.05, 4.69) is 31.9 Å². The lowest BCUT2D eigenvalue weighted by molar-refractivity contribution is 0.101. The van der Waals surface area contributed by atoms with Gasteiger partial charge in [0.1, 0.15) is 42.9 Å². The second-order valence-electron chi connectivity index (χ2n) is 18.1. The highest BCUT2D eigenvalue weighted by Crippen LogP contribution is 2.36. The molecule has 8 aromatic rings. The van der Waals surface area contributed by atoms with Crippen LogP contribution in [0.15, 0.2) is 127 Å². The minimum Gasteiger partial charge on any atom is -0.337 e. The van der Waals surface area contributed by atoms with Crippen molar-refractivity contribution in [1.29, 1.82) is 0 Å². The number of nitrogens with zero attached hydrogens (tertiary/aromatic N) is 4.